The van der Waals surface area contributed by atoms with Crippen molar-refractivity contribution in [1.82, 2.24) is 0 Å². The Morgan fingerprint density at radius 3 is 1.93 bits per heavy atom. The molecule has 4 saturated carbocycles. The fourth-order valence-electron chi connectivity index (χ4n) is 14.6. The average molecular weight is 742 g/mol. The highest BCUT2D eigenvalue weighted by molar-refractivity contribution is 6.13. The normalized spacial score (nSPS) is 27.2. The fourth-order valence-corrected chi connectivity index (χ4v) is 14.6. The van der Waals surface area contributed by atoms with Crippen molar-refractivity contribution in [1.29, 1.82) is 0 Å². The Bertz CT molecular complexity index is 2920. The van der Waals surface area contributed by atoms with E-state index < -0.39 is 0 Å². The lowest BCUT2D eigenvalue weighted by Crippen LogP contribution is -2.87. The number of fused-ring (bicyclic) bond motifs is 9. The third-order valence-corrected chi connectivity index (χ3v) is 17.0. The lowest BCUT2D eigenvalue weighted by molar-refractivity contribution is -0.394. The predicted octanol–water partition coefficient (Wildman–Crippen LogP) is 14.7. The minimum atomic E-state index is -0.143. The molecule has 0 N–H and O–H groups in total. The lowest BCUT2D eigenvalue weighted by Gasteiger charge is -2.91. The van der Waals surface area contributed by atoms with Crippen LogP contribution >= 0.6 is 0 Å². The van der Waals surface area contributed by atoms with Crippen LogP contribution in [0.5, 0.6) is 0 Å². The molecule has 0 bridgehead atoms. The summed E-state index contributed by atoms with van der Waals surface area (Å²) >= 11 is 0. The van der Waals surface area contributed by atoms with Crippen LogP contribution in [-0.4, -0.2) is 0 Å². The monoisotopic (exact) mass is 741 g/mol. The molecular weight excluding hydrogens is 691 g/mol. The van der Waals surface area contributed by atoms with Crippen molar-refractivity contribution in [2.75, 3.05) is 4.90 Å². The maximum Gasteiger partial charge on any atom is 0.159 e. The van der Waals surface area contributed by atoms with E-state index in [1.807, 2.05) is 0 Å². The molecule has 6 aliphatic carbocycles. The number of hydrogen-bond acceptors (Lipinski definition) is 2. The molecule has 1 spiro atoms. The van der Waals surface area contributed by atoms with Crippen molar-refractivity contribution >= 4 is 39.0 Å². The van der Waals surface area contributed by atoms with E-state index in [9.17, 15) is 0 Å². The van der Waals surface area contributed by atoms with Gasteiger partial charge in [-0.05, 0) is 146 Å². The van der Waals surface area contributed by atoms with E-state index >= 15 is 0 Å². The van der Waals surface area contributed by atoms with Crippen molar-refractivity contribution in [2.24, 2.45) is 23.2 Å². The van der Waals surface area contributed by atoms with Crippen molar-refractivity contribution in [3.05, 3.63) is 149 Å². The van der Waals surface area contributed by atoms with Gasteiger partial charge in [-0.15, -0.1) is 0 Å². The summed E-state index contributed by atoms with van der Waals surface area (Å²) in [6, 6.07) is 44.4. The van der Waals surface area contributed by atoms with Gasteiger partial charge in [-0.2, -0.15) is 0 Å². The Hall–Kier alpha value is -5.08. The molecule has 1 aromatic heterocycles. The van der Waals surface area contributed by atoms with Gasteiger partial charge in [-0.1, -0.05) is 127 Å². The van der Waals surface area contributed by atoms with Gasteiger partial charge in [-0.3, -0.25) is 0 Å². The van der Waals surface area contributed by atoms with Gasteiger partial charge in [0, 0.05) is 38.4 Å². The molecule has 13 rings (SSSR count). The van der Waals surface area contributed by atoms with E-state index in [4.69, 9.17) is 4.42 Å². The van der Waals surface area contributed by atoms with Crippen molar-refractivity contribution in [2.45, 2.75) is 95.8 Å². The molecule has 2 heteroatoms. The van der Waals surface area contributed by atoms with Crippen LogP contribution in [0.2, 0.25) is 0 Å². The second-order valence-corrected chi connectivity index (χ2v) is 21.0. The van der Waals surface area contributed by atoms with Gasteiger partial charge in [0.2, 0.25) is 0 Å². The van der Waals surface area contributed by atoms with E-state index in [1.54, 1.807) is 5.56 Å². The third-order valence-electron chi connectivity index (χ3n) is 17.0. The SMILES string of the molecule is CC(C)(C)c1cccc2c1-c1ccc(N(c3ccc4c(c3)C(C)(C)c3ccccc3-4)c3ccc(C45CC6CC7CC(C4)C765)c4c3oc3ccccc34)cc1C2(C)C. The van der Waals surface area contributed by atoms with Gasteiger partial charge in [-0.25, -0.2) is 0 Å². The largest absolute Gasteiger partial charge is 0.454 e. The Morgan fingerprint density at radius 1 is 0.579 bits per heavy atom. The molecule has 0 amide bonds. The molecule has 7 aromatic rings. The highest BCUT2D eigenvalue weighted by Crippen LogP contribution is 2.93. The van der Waals surface area contributed by atoms with E-state index in [0.717, 1.165) is 34.6 Å². The molecule has 57 heavy (non-hydrogen) atoms. The van der Waals surface area contributed by atoms with Crippen LogP contribution in [0.15, 0.2) is 120 Å². The number of hydrogen-bond donors (Lipinski definition) is 0. The first-order chi connectivity index (χ1) is 27.4. The van der Waals surface area contributed by atoms with Gasteiger partial charge >= 0.3 is 0 Å². The van der Waals surface area contributed by atoms with E-state index in [0.29, 0.717) is 10.8 Å². The zero-order valence-electron chi connectivity index (χ0n) is 34.4. The quantitative estimate of drug-likeness (QED) is 0.179. The van der Waals surface area contributed by atoms with Crippen LogP contribution in [0.1, 0.15) is 108 Å². The van der Waals surface area contributed by atoms with Crippen LogP contribution in [0.3, 0.4) is 0 Å². The first kappa shape index (κ1) is 32.9. The molecule has 2 atom stereocenters. The predicted molar refractivity (Wildman–Crippen MR) is 235 cm³/mol. The fraction of sp³-hybridized carbons (Fsp3) is 0.345. The summed E-state index contributed by atoms with van der Waals surface area (Å²) in [4.78, 5) is 2.54. The van der Waals surface area contributed by atoms with Crippen LogP contribution < -0.4 is 4.90 Å². The summed E-state index contributed by atoms with van der Waals surface area (Å²) in [6.45, 7) is 16.7. The van der Waals surface area contributed by atoms with Gasteiger partial charge in [0.1, 0.15) is 5.58 Å². The second-order valence-electron chi connectivity index (χ2n) is 21.0. The summed E-state index contributed by atoms with van der Waals surface area (Å²) in [6.07, 6.45) is 5.64. The first-order valence-electron chi connectivity index (χ1n) is 21.6. The highest BCUT2D eigenvalue weighted by atomic mass is 16.3. The number of benzene rings is 6. The van der Waals surface area contributed by atoms with Gasteiger partial charge < -0.3 is 9.32 Å². The lowest BCUT2D eigenvalue weighted by atomic mass is 9.12. The minimum absolute atomic E-state index is 0.0378. The molecule has 0 aliphatic heterocycles. The Morgan fingerprint density at radius 2 is 1.21 bits per heavy atom. The highest BCUT2D eigenvalue weighted by Gasteiger charge is 2.87. The summed E-state index contributed by atoms with van der Waals surface area (Å²) in [7, 11) is 0. The molecule has 2 unspecified atom stereocenters. The smallest absolute Gasteiger partial charge is 0.159 e. The molecule has 6 aliphatic rings. The Balaban J connectivity index is 1.06. The zero-order chi connectivity index (χ0) is 38.6. The van der Waals surface area contributed by atoms with Crippen molar-refractivity contribution in [3.63, 3.8) is 0 Å². The van der Waals surface area contributed by atoms with Crippen molar-refractivity contribution < 1.29 is 4.42 Å². The van der Waals surface area contributed by atoms with Crippen LogP contribution in [0.4, 0.5) is 17.1 Å². The average Bonchev–Trinajstić information content (AvgIpc) is 3.74. The molecule has 0 radical (unpaired) electrons. The standard InChI is InChI=1S/C55H51NO/c1-51(2,3)41-16-12-17-42-48(41)38-22-20-35(28-45(38)53(42,6)7)56(34-19-21-37-36-13-8-10-15-40(36)52(4,5)44(37)27-34)46-24-23-43(49-39-14-9-11-18-47(39)57-50(46)49)54-29-32-25-31-26-33(30-54)55(31,32)54/h8-24,27-28,31-33H,25-26,29-30H2,1-7H3. The molecular formula is C55H51NO. The van der Waals surface area contributed by atoms with Crippen LogP contribution in [0.25, 0.3) is 44.2 Å². The van der Waals surface area contributed by atoms with E-state index in [-0.39, 0.29) is 16.2 Å². The summed E-state index contributed by atoms with van der Waals surface area (Å²) < 4.78 is 7.17. The molecule has 6 aromatic carbocycles. The van der Waals surface area contributed by atoms with Gasteiger partial charge in [0.25, 0.3) is 0 Å². The third kappa shape index (κ3) is 3.64. The number of nitrogens with zero attached hydrogens (tertiary/aromatic N) is 1. The van der Waals surface area contributed by atoms with Crippen LogP contribution in [0, 0.1) is 23.2 Å². The van der Waals surface area contributed by atoms with Crippen LogP contribution in [-0.2, 0) is 21.7 Å². The maximum atomic E-state index is 7.17. The zero-order valence-corrected chi connectivity index (χ0v) is 34.4. The van der Waals surface area contributed by atoms with Crippen molar-refractivity contribution in [3.8, 4) is 22.3 Å². The maximum absolute atomic E-state index is 7.17. The molecule has 282 valence electrons. The Kier molecular flexibility index (Phi) is 5.86. The molecule has 2 nitrogen and oxygen atoms in total. The Labute approximate surface area is 336 Å². The number of rotatable bonds is 4. The topological polar surface area (TPSA) is 16.4 Å². The number of furan rings is 1. The number of anilines is 3. The molecule has 0 saturated heterocycles. The summed E-state index contributed by atoms with van der Waals surface area (Å²) in [5.41, 5.74) is 20.3. The minimum Gasteiger partial charge on any atom is -0.454 e. The molecule has 4 fully saturated rings. The van der Waals surface area contributed by atoms with E-state index in [2.05, 4.69) is 169 Å². The van der Waals surface area contributed by atoms with Gasteiger partial charge in [0.15, 0.2) is 5.58 Å². The second kappa shape index (κ2) is 10.1. The van der Waals surface area contributed by atoms with E-state index in [1.165, 1.54) is 97.9 Å². The summed E-state index contributed by atoms with van der Waals surface area (Å²) in [5.74, 6) is 2.82. The molecule has 1 heterocycles. The van der Waals surface area contributed by atoms with Gasteiger partial charge in [0.05, 0.1) is 5.69 Å². The summed E-state index contributed by atoms with van der Waals surface area (Å²) in [5, 5.41) is 2.62. The number of para-hydroxylation sites is 1. The first-order valence-corrected chi connectivity index (χ1v) is 21.6.